The maximum Gasteiger partial charge on any atom is 0.215 e. The van der Waals surface area contributed by atoms with Crippen molar-refractivity contribution in [2.45, 2.75) is 19.1 Å². The van der Waals surface area contributed by atoms with Gasteiger partial charge in [-0.3, -0.25) is 0 Å². The van der Waals surface area contributed by atoms with Gasteiger partial charge in [0.25, 0.3) is 0 Å². The molecule has 0 radical (unpaired) electrons. The molecule has 3 aromatic rings. The summed E-state index contributed by atoms with van der Waals surface area (Å²) in [5.74, 6) is -0.550. The van der Waals surface area contributed by atoms with Crippen LogP contribution in [0, 0.1) is 12.7 Å². The van der Waals surface area contributed by atoms with Gasteiger partial charge in [0.05, 0.1) is 11.4 Å². The van der Waals surface area contributed by atoms with Crippen LogP contribution in [0.1, 0.15) is 16.8 Å². The molecule has 0 aliphatic carbocycles. The molecule has 0 fully saturated rings. The van der Waals surface area contributed by atoms with E-state index in [2.05, 4.69) is 9.71 Å². The Hall–Kier alpha value is -2.09. The van der Waals surface area contributed by atoms with Crippen molar-refractivity contribution in [1.82, 2.24) is 9.71 Å². The van der Waals surface area contributed by atoms with Crippen molar-refractivity contribution in [1.29, 1.82) is 0 Å². The molecule has 0 amide bonds. The molecule has 2 aromatic carbocycles. The lowest BCUT2D eigenvalue weighted by Gasteiger charge is -2.06. The van der Waals surface area contributed by atoms with Crippen LogP contribution < -0.4 is 4.72 Å². The highest BCUT2D eigenvalue weighted by molar-refractivity contribution is 7.88. The predicted molar refractivity (Wildman–Crippen MR) is 103 cm³/mol. The van der Waals surface area contributed by atoms with Crippen LogP contribution in [0.4, 0.5) is 4.39 Å². The number of halogens is 1. The lowest BCUT2D eigenvalue weighted by molar-refractivity contribution is 0.580. The lowest BCUT2D eigenvalue weighted by atomic mass is 10.1. The molecule has 0 saturated heterocycles. The molecule has 1 aromatic heterocycles. The molecule has 7 heteroatoms. The van der Waals surface area contributed by atoms with Crippen molar-refractivity contribution in [2.24, 2.45) is 0 Å². The number of nitrogens with one attached hydrogen (secondary N) is 1. The number of thiazole rings is 1. The van der Waals surface area contributed by atoms with Gasteiger partial charge in [-0.05, 0) is 30.2 Å². The van der Waals surface area contributed by atoms with Crippen LogP contribution in [0.2, 0.25) is 0 Å². The van der Waals surface area contributed by atoms with Gasteiger partial charge in [-0.25, -0.2) is 22.5 Å². The summed E-state index contributed by atoms with van der Waals surface area (Å²) in [4.78, 5) is 4.60. The second-order valence-corrected chi connectivity index (χ2v) is 8.65. The Morgan fingerprint density at radius 3 is 2.58 bits per heavy atom. The number of aryl methyl sites for hydroxylation is 1. The first-order valence-electron chi connectivity index (χ1n) is 8.15. The second-order valence-electron chi connectivity index (χ2n) is 5.99. The van der Waals surface area contributed by atoms with Gasteiger partial charge in [0.1, 0.15) is 10.8 Å². The molecule has 0 saturated carbocycles. The van der Waals surface area contributed by atoms with E-state index in [9.17, 15) is 12.8 Å². The summed E-state index contributed by atoms with van der Waals surface area (Å²) < 4.78 is 39.7. The van der Waals surface area contributed by atoms with E-state index in [1.807, 2.05) is 36.6 Å². The Morgan fingerprint density at radius 1 is 1.12 bits per heavy atom. The van der Waals surface area contributed by atoms with Crippen LogP contribution >= 0.6 is 11.3 Å². The number of benzene rings is 2. The molecule has 1 N–H and O–H groups in total. The number of sulfonamides is 1. The third-order valence-corrected chi connectivity index (χ3v) is 6.18. The highest BCUT2D eigenvalue weighted by Crippen LogP contribution is 2.26. The van der Waals surface area contributed by atoms with Crippen LogP contribution in [-0.4, -0.2) is 19.9 Å². The van der Waals surface area contributed by atoms with Gasteiger partial charge in [0.2, 0.25) is 10.0 Å². The SMILES string of the molecule is Cc1ccccc1-c1nc(CCNS(=O)(=O)Cc2ccc(F)cc2)cs1. The molecule has 1 heterocycles. The van der Waals surface area contributed by atoms with Gasteiger partial charge in [-0.2, -0.15) is 0 Å². The van der Waals surface area contributed by atoms with Crippen molar-refractivity contribution in [3.05, 3.63) is 76.5 Å². The average Bonchev–Trinajstić information content (AvgIpc) is 3.05. The zero-order valence-corrected chi connectivity index (χ0v) is 15.9. The first-order valence-corrected chi connectivity index (χ1v) is 10.7. The van der Waals surface area contributed by atoms with Crippen LogP contribution in [0.25, 0.3) is 10.6 Å². The summed E-state index contributed by atoms with van der Waals surface area (Å²) >= 11 is 1.55. The van der Waals surface area contributed by atoms with Gasteiger partial charge >= 0.3 is 0 Å². The van der Waals surface area contributed by atoms with Gasteiger partial charge in [0.15, 0.2) is 0 Å². The standard InChI is InChI=1S/C19H19FN2O2S2/c1-14-4-2-3-5-18(14)19-22-17(12-25-19)10-11-21-26(23,24)13-15-6-8-16(20)9-7-15/h2-9,12,21H,10-11,13H2,1H3. The number of rotatable bonds is 7. The minimum absolute atomic E-state index is 0.168. The summed E-state index contributed by atoms with van der Waals surface area (Å²) in [6, 6.07) is 13.5. The molecule has 0 bridgehead atoms. The molecule has 136 valence electrons. The Balaban J connectivity index is 1.56. The Morgan fingerprint density at radius 2 is 1.85 bits per heavy atom. The van der Waals surface area contributed by atoms with Crippen molar-refractivity contribution < 1.29 is 12.8 Å². The predicted octanol–water partition coefficient (Wildman–Crippen LogP) is 3.92. The third-order valence-electron chi connectivity index (χ3n) is 3.90. The molecule has 0 aliphatic rings. The molecule has 0 unspecified atom stereocenters. The quantitative estimate of drug-likeness (QED) is 0.665. The lowest BCUT2D eigenvalue weighted by Crippen LogP contribution is -2.27. The van der Waals surface area contributed by atoms with Gasteiger partial charge < -0.3 is 0 Å². The zero-order chi connectivity index (χ0) is 18.6. The van der Waals surface area contributed by atoms with Gasteiger partial charge in [-0.15, -0.1) is 11.3 Å². The highest BCUT2D eigenvalue weighted by Gasteiger charge is 2.12. The van der Waals surface area contributed by atoms with Crippen molar-refractivity contribution in [2.75, 3.05) is 6.54 Å². The van der Waals surface area contributed by atoms with E-state index in [1.54, 1.807) is 11.3 Å². The van der Waals surface area contributed by atoms with Gasteiger partial charge in [0, 0.05) is 23.9 Å². The topological polar surface area (TPSA) is 59.1 Å². The fourth-order valence-electron chi connectivity index (χ4n) is 2.54. The van der Waals surface area contributed by atoms with E-state index in [-0.39, 0.29) is 18.1 Å². The maximum absolute atomic E-state index is 12.9. The number of aromatic nitrogens is 1. The monoisotopic (exact) mass is 390 g/mol. The Kier molecular flexibility index (Phi) is 5.80. The van der Waals surface area contributed by atoms with E-state index in [4.69, 9.17) is 0 Å². The van der Waals surface area contributed by atoms with Crippen molar-refractivity contribution in [3.8, 4) is 10.6 Å². The number of nitrogens with zero attached hydrogens (tertiary/aromatic N) is 1. The van der Waals surface area contributed by atoms with Crippen LogP contribution in [0.3, 0.4) is 0 Å². The maximum atomic E-state index is 12.9. The minimum Gasteiger partial charge on any atom is -0.241 e. The third kappa shape index (κ3) is 4.97. The average molecular weight is 391 g/mol. The van der Waals surface area contributed by atoms with Gasteiger partial charge in [-0.1, -0.05) is 36.4 Å². The highest BCUT2D eigenvalue weighted by atomic mass is 32.2. The Bertz CT molecular complexity index is 983. The fourth-order valence-corrected chi connectivity index (χ4v) is 4.63. The van der Waals surface area contributed by atoms with Crippen LogP contribution in [-0.2, 0) is 22.2 Å². The van der Waals surface area contributed by atoms with E-state index >= 15 is 0 Å². The second kappa shape index (κ2) is 8.07. The van der Waals surface area contributed by atoms with Crippen molar-refractivity contribution in [3.63, 3.8) is 0 Å². The van der Waals surface area contributed by atoms with E-state index in [0.29, 0.717) is 12.0 Å². The first kappa shape index (κ1) is 18.7. The molecule has 0 atom stereocenters. The molecular weight excluding hydrogens is 371 g/mol. The number of hydrogen-bond acceptors (Lipinski definition) is 4. The number of hydrogen-bond donors (Lipinski definition) is 1. The molecule has 0 spiro atoms. The molecule has 3 rings (SSSR count). The molecular formula is C19H19FN2O2S2. The fraction of sp³-hybridized carbons (Fsp3) is 0.211. The summed E-state index contributed by atoms with van der Waals surface area (Å²) in [5, 5.41) is 2.89. The minimum atomic E-state index is -3.47. The van der Waals surface area contributed by atoms with E-state index in [0.717, 1.165) is 21.8 Å². The van der Waals surface area contributed by atoms with Crippen LogP contribution in [0.5, 0.6) is 0 Å². The summed E-state index contributed by atoms with van der Waals surface area (Å²) in [5.41, 5.74) is 3.67. The van der Waals surface area contributed by atoms with Crippen LogP contribution in [0.15, 0.2) is 53.9 Å². The smallest absolute Gasteiger partial charge is 0.215 e. The van der Waals surface area contributed by atoms with Crippen molar-refractivity contribution >= 4 is 21.4 Å². The molecule has 0 aliphatic heterocycles. The Labute approximate surface area is 156 Å². The molecule has 4 nitrogen and oxygen atoms in total. The normalized spacial score (nSPS) is 11.6. The largest absolute Gasteiger partial charge is 0.241 e. The zero-order valence-electron chi connectivity index (χ0n) is 14.3. The summed E-state index contributed by atoms with van der Waals surface area (Å²) in [6.45, 7) is 2.32. The van der Waals surface area contributed by atoms with E-state index < -0.39 is 10.0 Å². The van der Waals surface area contributed by atoms with E-state index in [1.165, 1.54) is 24.3 Å². The molecule has 26 heavy (non-hydrogen) atoms. The summed E-state index contributed by atoms with van der Waals surface area (Å²) in [7, 11) is -3.47. The first-order chi connectivity index (χ1) is 12.4. The summed E-state index contributed by atoms with van der Waals surface area (Å²) in [6.07, 6.45) is 0.519.